The molecule has 6 aromatic carbocycles. The van der Waals surface area contributed by atoms with Crippen LogP contribution in [0.1, 0.15) is 5.56 Å². The van der Waals surface area contributed by atoms with E-state index in [1.807, 2.05) is 48.5 Å². The van der Waals surface area contributed by atoms with E-state index in [4.69, 9.17) is 6.57 Å². The molecule has 0 bridgehead atoms. The van der Waals surface area contributed by atoms with Gasteiger partial charge in [0.05, 0.1) is 51.6 Å². The minimum atomic E-state index is 0.599. The Kier molecular flexibility index (Phi) is 5.22. The second-order valence-electron chi connectivity index (χ2n) is 10.4. The molecule has 0 spiro atoms. The highest BCUT2D eigenvalue weighted by molar-refractivity contribution is 6.12. The third-order valence-electron chi connectivity index (χ3n) is 8.17. The van der Waals surface area contributed by atoms with Crippen molar-refractivity contribution in [1.82, 2.24) is 9.13 Å². The van der Waals surface area contributed by atoms with Gasteiger partial charge < -0.3 is 9.13 Å². The van der Waals surface area contributed by atoms with E-state index in [0.29, 0.717) is 11.3 Å². The van der Waals surface area contributed by atoms with E-state index in [1.165, 1.54) is 10.8 Å². The fourth-order valence-electron chi connectivity index (χ4n) is 6.38. The summed E-state index contributed by atoms with van der Waals surface area (Å²) in [5.41, 5.74) is 9.55. The topological polar surface area (TPSA) is 38.0 Å². The fourth-order valence-corrected chi connectivity index (χ4v) is 6.38. The van der Waals surface area contributed by atoms with Crippen LogP contribution in [0.3, 0.4) is 0 Å². The zero-order valence-corrected chi connectivity index (χ0v) is 22.5. The van der Waals surface area contributed by atoms with Crippen LogP contribution >= 0.6 is 0 Å². The Morgan fingerprint density at radius 1 is 0.500 bits per heavy atom. The molecular weight excluding hydrogens is 512 g/mol. The second kappa shape index (κ2) is 9.24. The Hall–Kier alpha value is -6.10. The van der Waals surface area contributed by atoms with Crippen LogP contribution in [0.25, 0.3) is 71.0 Å². The minimum Gasteiger partial charge on any atom is -0.309 e. The van der Waals surface area contributed by atoms with Crippen molar-refractivity contribution in [3.63, 3.8) is 0 Å². The van der Waals surface area contributed by atoms with E-state index in [9.17, 15) is 5.26 Å². The summed E-state index contributed by atoms with van der Waals surface area (Å²) < 4.78 is 4.59. The van der Waals surface area contributed by atoms with E-state index in [0.717, 1.165) is 55.3 Å². The molecule has 0 radical (unpaired) electrons. The quantitative estimate of drug-likeness (QED) is 0.208. The predicted octanol–water partition coefficient (Wildman–Crippen LogP) is 9.97. The minimum absolute atomic E-state index is 0.599. The van der Waals surface area contributed by atoms with Gasteiger partial charge >= 0.3 is 0 Å². The highest BCUT2D eigenvalue weighted by Crippen LogP contribution is 2.41. The monoisotopic (exact) mass is 534 g/mol. The number of nitrogens with zero attached hydrogens (tertiary/aromatic N) is 4. The van der Waals surface area contributed by atoms with Crippen LogP contribution in [-0.2, 0) is 0 Å². The van der Waals surface area contributed by atoms with E-state index in [2.05, 4.69) is 105 Å². The lowest BCUT2D eigenvalue weighted by Crippen LogP contribution is -2.02. The SMILES string of the molecule is [C-]#[N+]c1ccc2c(c1)c1ccccc1n2-c1ccc(C#N)cc1-c1ccccc1-n1c2ccccc2c2ccccc21. The molecule has 42 heavy (non-hydrogen) atoms. The van der Waals surface area contributed by atoms with E-state index in [1.54, 1.807) is 0 Å². The predicted molar refractivity (Wildman–Crippen MR) is 172 cm³/mol. The van der Waals surface area contributed by atoms with Crippen molar-refractivity contribution < 1.29 is 0 Å². The molecule has 0 saturated heterocycles. The lowest BCUT2D eigenvalue weighted by molar-refractivity contribution is 1.16. The van der Waals surface area contributed by atoms with Gasteiger partial charge in [0.15, 0.2) is 5.69 Å². The molecule has 8 rings (SSSR count). The number of aromatic nitrogens is 2. The first-order valence-electron chi connectivity index (χ1n) is 13.8. The molecule has 0 aliphatic heterocycles. The molecule has 0 amide bonds. The van der Waals surface area contributed by atoms with E-state index < -0.39 is 0 Å². The summed E-state index contributed by atoms with van der Waals surface area (Å²) >= 11 is 0. The number of fused-ring (bicyclic) bond motifs is 6. The van der Waals surface area contributed by atoms with Gasteiger partial charge in [0.25, 0.3) is 0 Å². The molecule has 4 heteroatoms. The molecule has 0 atom stereocenters. The van der Waals surface area contributed by atoms with Crippen molar-refractivity contribution in [2.45, 2.75) is 0 Å². The summed E-state index contributed by atoms with van der Waals surface area (Å²) in [7, 11) is 0. The molecule has 0 N–H and O–H groups in total. The van der Waals surface area contributed by atoms with E-state index in [-0.39, 0.29) is 0 Å². The summed E-state index contributed by atoms with van der Waals surface area (Å²) in [6.07, 6.45) is 0. The van der Waals surface area contributed by atoms with Crippen LogP contribution in [0.5, 0.6) is 0 Å². The molecule has 0 fully saturated rings. The zero-order valence-electron chi connectivity index (χ0n) is 22.5. The van der Waals surface area contributed by atoms with Crippen molar-refractivity contribution in [1.29, 1.82) is 5.26 Å². The van der Waals surface area contributed by atoms with Gasteiger partial charge in [-0.3, -0.25) is 0 Å². The molecule has 4 nitrogen and oxygen atoms in total. The Balaban J connectivity index is 1.49. The fraction of sp³-hybridized carbons (Fsp3) is 0. The van der Waals surface area contributed by atoms with Crippen LogP contribution in [0.4, 0.5) is 5.69 Å². The Labute approximate surface area is 242 Å². The first kappa shape index (κ1) is 23.8. The van der Waals surface area contributed by atoms with Crippen LogP contribution < -0.4 is 0 Å². The zero-order chi connectivity index (χ0) is 28.2. The van der Waals surface area contributed by atoms with Crippen molar-refractivity contribution in [3.8, 4) is 28.6 Å². The summed E-state index contributed by atoms with van der Waals surface area (Å²) in [6.45, 7) is 7.58. The number of benzene rings is 6. The molecule has 2 aromatic heterocycles. The summed E-state index contributed by atoms with van der Waals surface area (Å²) in [4.78, 5) is 3.69. The first-order valence-corrected chi connectivity index (χ1v) is 13.8. The molecule has 0 unspecified atom stereocenters. The van der Waals surface area contributed by atoms with Crippen molar-refractivity contribution in [2.75, 3.05) is 0 Å². The molecular formula is C38H22N4. The summed E-state index contributed by atoms with van der Waals surface area (Å²) in [5, 5.41) is 14.5. The lowest BCUT2D eigenvalue weighted by atomic mass is 9.98. The molecule has 0 aliphatic rings. The average Bonchev–Trinajstić information content (AvgIpc) is 3.57. The molecule has 8 aromatic rings. The molecule has 0 saturated carbocycles. The number of nitriles is 1. The normalized spacial score (nSPS) is 11.3. The van der Waals surface area contributed by atoms with Crippen LogP contribution in [0.15, 0.2) is 133 Å². The number of hydrogen-bond donors (Lipinski definition) is 0. The maximum atomic E-state index is 9.98. The standard InChI is InChI=1S/C38H22N4/c1-40-26-19-21-38-32(23-26)30-13-5-9-17-36(30)42(38)37-20-18-25(24-39)22-31(37)29-12-4-8-16-35(29)41-33-14-6-2-10-27(33)28-11-3-7-15-34(28)41/h2-23H. The van der Waals surface area contributed by atoms with E-state index >= 15 is 0 Å². The van der Waals surface area contributed by atoms with Gasteiger partial charge in [0.1, 0.15) is 0 Å². The number of para-hydroxylation sites is 4. The maximum absolute atomic E-state index is 9.98. The Morgan fingerprint density at radius 2 is 1.02 bits per heavy atom. The van der Waals surface area contributed by atoms with Crippen LogP contribution in [-0.4, -0.2) is 9.13 Å². The van der Waals surface area contributed by atoms with Crippen molar-refractivity contribution >= 4 is 49.3 Å². The van der Waals surface area contributed by atoms with Gasteiger partial charge in [0, 0.05) is 27.3 Å². The largest absolute Gasteiger partial charge is 0.309 e. The van der Waals surface area contributed by atoms with Gasteiger partial charge in [-0.15, -0.1) is 0 Å². The van der Waals surface area contributed by atoms with Crippen LogP contribution in [0.2, 0.25) is 0 Å². The van der Waals surface area contributed by atoms with Crippen LogP contribution in [0, 0.1) is 17.9 Å². The smallest absolute Gasteiger partial charge is 0.188 e. The third kappa shape index (κ3) is 3.40. The van der Waals surface area contributed by atoms with Gasteiger partial charge in [0.2, 0.25) is 0 Å². The highest BCUT2D eigenvalue weighted by Gasteiger charge is 2.20. The molecule has 2 heterocycles. The maximum Gasteiger partial charge on any atom is 0.188 e. The lowest BCUT2D eigenvalue weighted by Gasteiger charge is -2.18. The number of hydrogen-bond acceptors (Lipinski definition) is 1. The van der Waals surface area contributed by atoms with Crippen molar-refractivity contribution in [2.24, 2.45) is 0 Å². The molecule has 0 aliphatic carbocycles. The first-order chi connectivity index (χ1) is 20.8. The van der Waals surface area contributed by atoms with Gasteiger partial charge in [-0.1, -0.05) is 78.9 Å². The third-order valence-corrected chi connectivity index (χ3v) is 8.17. The Morgan fingerprint density at radius 3 is 1.64 bits per heavy atom. The van der Waals surface area contributed by atoms with Gasteiger partial charge in [-0.2, -0.15) is 5.26 Å². The summed E-state index contributed by atoms with van der Waals surface area (Å²) in [5.74, 6) is 0. The Bertz CT molecular complexity index is 2390. The highest BCUT2D eigenvalue weighted by atomic mass is 15.0. The number of rotatable bonds is 3. The average molecular weight is 535 g/mol. The van der Waals surface area contributed by atoms with Crippen molar-refractivity contribution in [3.05, 3.63) is 150 Å². The van der Waals surface area contributed by atoms with Gasteiger partial charge in [-0.05, 0) is 60.0 Å². The second-order valence-corrected chi connectivity index (χ2v) is 10.4. The van der Waals surface area contributed by atoms with Gasteiger partial charge in [-0.25, -0.2) is 4.85 Å². The summed E-state index contributed by atoms with van der Waals surface area (Å²) in [6, 6.07) is 47.9. The molecule has 194 valence electrons.